The van der Waals surface area contributed by atoms with Crippen LogP contribution >= 0.6 is 9.69 Å². The van der Waals surface area contributed by atoms with Crippen LogP contribution in [0.25, 0.3) is 0 Å². The SMILES string of the molecule is [O]=[Ru](=[O])(=[O])([OH])[Cl]. The normalized spacial score (nSPS) is 18.7. The van der Waals surface area contributed by atoms with Crippen molar-refractivity contribution in [2.75, 3.05) is 0 Å². The van der Waals surface area contributed by atoms with E-state index in [1.54, 1.807) is 0 Å². The Balaban J connectivity index is 5.37. The van der Waals surface area contributed by atoms with Crippen LogP contribution in [-0.4, -0.2) is 3.93 Å². The summed E-state index contributed by atoms with van der Waals surface area (Å²) in [5, 5.41) is 0. The number of hydrogen-bond donors (Lipinski definition) is 1. The van der Waals surface area contributed by atoms with Gasteiger partial charge < -0.3 is 0 Å². The molecule has 6 heteroatoms. The third-order valence-electron chi connectivity index (χ3n) is 0. The maximum atomic E-state index is 9.07. The summed E-state index contributed by atoms with van der Waals surface area (Å²) in [5.41, 5.74) is 0. The average Bonchev–Trinajstić information content (AvgIpc) is 0.650. The molecule has 0 aliphatic heterocycles. The zero-order chi connectivity index (χ0) is 5.45. The Kier molecular flexibility index (Phi) is 0.954. The third-order valence-corrected chi connectivity index (χ3v) is 0. The minimum absolute atomic E-state index is 3.85. The van der Waals surface area contributed by atoms with Gasteiger partial charge in [-0.15, -0.1) is 0 Å². The molecule has 6 heavy (non-hydrogen) atoms. The fraction of sp³-hybridized carbons (Fsp3) is 0. The topological polar surface area (TPSA) is 71.4 Å². The van der Waals surface area contributed by atoms with E-state index in [1.165, 1.54) is 0 Å². The molecule has 0 amide bonds. The van der Waals surface area contributed by atoms with E-state index in [-0.39, 0.29) is 0 Å². The molecule has 0 aromatic heterocycles. The minimum atomic E-state index is -6.75. The summed E-state index contributed by atoms with van der Waals surface area (Å²) in [6.07, 6.45) is 0. The van der Waals surface area contributed by atoms with Crippen LogP contribution < -0.4 is 0 Å². The molecule has 0 aromatic carbocycles. The van der Waals surface area contributed by atoms with Gasteiger partial charge in [-0.3, -0.25) is 0 Å². The zero-order valence-electron chi connectivity index (χ0n) is 2.40. The third kappa shape index (κ3) is 613. The van der Waals surface area contributed by atoms with Crippen molar-refractivity contribution >= 4 is 9.69 Å². The number of rotatable bonds is 0. The Morgan fingerprint density at radius 2 is 1.33 bits per heavy atom. The summed E-state index contributed by atoms with van der Waals surface area (Å²) in [6, 6.07) is 0. The predicted octanol–water partition coefficient (Wildman–Crippen LogP) is -0.226. The molecule has 0 fully saturated rings. The first-order valence-corrected chi connectivity index (χ1v) is 5.87. The van der Waals surface area contributed by atoms with Gasteiger partial charge in [-0.05, 0) is 0 Å². The van der Waals surface area contributed by atoms with Crippen molar-refractivity contribution in [3.05, 3.63) is 0 Å². The van der Waals surface area contributed by atoms with Crippen molar-refractivity contribution < 1.29 is 27.5 Å². The van der Waals surface area contributed by atoms with Gasteiger partial charge in [-0.1, -0.05) is 0 Å². The van der Waals surface area contributed by atoms with Gasteiger partial charge in [0.25, 0.3) is 0 Å². The van der Waals surface area contributed by atoms with Gasteiger partial charge >= 0.3 is 37.2 Å². The Hall–Kier alpha value is 0.273. The Morgan fingerprint density at radius 3 is 1.33 bits per heavy atom. The van der Waals surface area contributed by atoms with E-state index in [4.69, 9.17) is 14.7 Å². The van der Waals surface area contributed by atoms with Gasteiger partial charge in [-0.2, -0.15) is 0 Å². The van der Waals surface area contributed by atoms with Crippen LogP contribution in [0.15, 0.2) is 0 Å². The molecule has 0 aliphatic rings. The van der Waals surface area contributed by atoms with Crippen LogP contribution in [0.5, 0.6) is 0 Å². The molecule has 0 aliphatic carbocycles. The Bertz CT molecular complexity index is 186. The van der Waals surface area contributed by atoms with Gasteiger partial charge in [-0.25, -0.2) is 0 Å². The molecule has 0 atom stereocenters. The molecule has 0 saturated heterocycles. The Labute approximate surface area is 37.7 Å². The summed E-state index contributed by atoms with van der Waals surface area (Å²) in [6.45, 7) is 0. The fourth-order valence-electron chi connectivity index (χ4n) is 0. The van der Waals surface area contributed by atoms with Crippen molar-refractivity contribution in [1.82, 2.24) is 0 Å². The molecule has 0 rings (SSSR count). The van der Waals surface area contributed by atoms with Crippen LogP contribution in [0.2, 0.25) is 0 Å². The molecule has 0 saturated carbocycles. The fourth-order valence-corrected chi connectivity index (χ4v) is 0. The van der Waals surface area contributed by atoms with Crippen molar-refractivity contribution in [2.24, 2.45) is 0 Å². The maximum absolute atomic E-state index is 9.07. The second kappa shape index (κ2) is 0.912. The van der Waals surface area contributed by atoms with E-state index in [1.807, 2.05) is 0 Å². The first-order chi connectivity index (χ1) is 2.24. The summed E-state index contributed by atoms with van der Waals surface area (Å²) in [5.74, 6) is 0. The quantitative estimate of drug-likeness (QED) is 0.550. The second-order valence-electron chi connectivity index (χ2n) is 0.594. The van der Waals surface area contributed by atoms with E-state index in [0.29, 0.717) is 0 Å². The van der Waals surface area contributed by atoms with Gasteiger partial charge in [0, 0.05) is 0 Å². The first-order valence-electron chi connectivity index (χ1n) is 0.725. The van der Waals surface area contributed by atoms with Crippen molar-refractivity contribution in [1.29, 1.82) is 0 Å². The standard InChI is InChI=1S/ClH.H2O.3O.Ru/h1H;1H2;;;;/q;;;;;+2/p-2. The molecule has 40 valence electrons. The van der Waals surface area contributed by atoms with E-state index >= 15 is 0 Å². The summed E-state index contributed by atoms with van der Waals surface area (Å²) >= 11 is -6.75. The van der Waals surface area contributed by atoms with Crippen LogP contribution in [0.3, 0.4) is 0 Å². The Morgan fingerprint density at radius 1 is 1.33 bits per heavy atom. The molecule has 0 heterocycles. The molecule has 1 N–H and O–H groups in total. The van der Waals surface area contributed by atoms with Crippen LogP contribution in [0, 0.1) is 0 Å². The average molecular weight is 202 g/mol. The number of hydrogen-bond acceptors (Lipinski definition) is 3. The molecular formula is HClO4Ru. The van der Waals surface area contributed by atoms with Gasteiger partial charge in [0.1, 0.15) is 0 Å². The molecular weight excluding hydrogens is 201 g/mol. The van der Waals surface area contributed by atoms with E-state index < -0.39 is 12.8 Å². The second-order valence-corrected chi connectivity index (χ2v) is 6.16. The molecule has 0 spiro atoms. The first kappa shape index (κ1) is 6.27. The molecule has 0 unspecified atom stereocenters. The molecule has 0 aromatic rings. The van der Waals surface area contributed by atoms with Crippen LogP contribution in [0.4, 0.5) is 0 Å². The molecule has 0 radical (unpaired) electrons. The molecule has 0 bridgehead atoms. The van der Waals surface area contributed by atoms with Crippen molar-refractivity contribution in [3.63, 3.8) is 0 Å². The monoisotopic (exact) mass is 202 g/mol. The number of halogens is 1. The summed E-state index contributed by atoms with van der Waals surface area (Å²) < 4.78 is 34.5. The van der Waals surface area contributed by atoms with Crippen LogP contribution in [-0.2, 0) is 23.5 Å². The molecule has 4 nitrogen and oxygen atoms in total. The van der Waals surface area contributed by atoms with E-state index in [0.717, 1.165) is 0 Å². The van der Waals surface area contributed by atoms with E-state index in [9.17, 15) is 0 Å². The predicted molar refractivity (Wildman–Crippen MR) is 10.1 cm³/mol. The van der Waals surface area contributed by atoms with E-state index in [2.05, 4.69) is 9.69 Å². The summed E-state index contributed by atoms with van der Waals surface area (Å²) in [4.78, 5) is 0. The zero-order valence-corrected chi connectivity index (χ0v) is 4.90. The van der Waals surface area contributed by atoms with Gasteiger partial charge in [0.15, 0.2) is 0 Å². The van der Waals surface area contributed by atoms with Crippen LogP contribution in [0.1, 0.15) is 0 Å². The van der Waals surface area contributed by atoms with Crippen molar-refractivity contribution in [2.45, 2.75) is 0 Å². The van der Waals surface area contributed by atoms with Gasteiger partial charge in [0.2, 0.25) is 0 Å². The summed E-state index contributed by atoms with van der Waals surface area (Å²) in [7, 11) is 3.85. The van der Waals surface area contributed by atoms with Crippen molar-refractivity contribution in [3.8, 4) is 0 Å². The van der Waals surface area contributed by atoms with Gasteiger partial charge in [0.05, 0.1) is 0 Å².